The maximum Gasteiger partial charge on any atom is 0.178 e. The van der Waals surface area contributed by atoms with Crippen LogP contribution in [-0.4, -0.2) is 24.7 Å². The van der Waals surface area contributed by atoms with Crippen molar-refractivity contribution in [1.82, 2.24) is 24.7 Å². The molecule has 0 aliphatic heterocycles. The van der Waals surface area contributed by atoms with Gasteiger partial charge in [0.1, 0.15) is 5.82 Å². The van der Waals surface area contributed by atoms with Gasteiger partial charge in [-0.15, -0.1) is 12.4 Å². The highest BCUT2D eigenvalue weighted by Gasteiger charge is 2.19. The number of rotatable bonds is 3. The Bertz CT molecular complexity index is 1210. The van der Waals surface area contributed by atoms with Crippen LogP contribution in [0, 0.1) is 6.92 Å². The van der Waals surface area contributed by atoms with E-state index in [-0.39, 0.29) is 18.4 Å². The van der Waals surface area contributed by atoms with Crippen LogP contribution < -0.4 is 5.73 Å². The van der Waals surface area contributed by atoms with Gasteiger partial charge in [0.05, 0.1) is 17.3 Å². The van der Waals surface area contributed by atoms with Crippen molar-refractivity contribution in [3.8, 4) is 22.5 Å². The van der Waals surface area contributed by atoms with Gasteiger partial charge in [0.15, 0.2) is 5.65 Å². The lowest BCUT2D eigenvalue weighted by atomic mass is 9.86. The van der Waals surface area contributed by atoms with Crippen molar-refractivity contribution in [1.29, 1.82) is 0 Å². The summed E-state index contributed by atoms with van der Waals surface area (Å²) in [7, 11) is 0. The highest BCUT2D eigenvalue weighted by atomic mass is 35.5. The molecule has 0 radical (unpaired) electrons. The van der Waals surface area contributed by atoms with E-state index in [1.807, 2.05) is 17.1 Å². The number of aromatic nitrogens is 5. The van der Waals surface area contributed by atoms with E-state index in [1.54, 1.807) is 0 Å². The fourth-order valence-corrected chi connectivity index (χ4v) is 4.48. The zero-order valence-corrected chi connectivity index (χ0v) is 18.3. The number of nitrogens with zero attached hydrogens (tertiary/aromatic N) is 4. The fraction of sp³-hybridized carbons (Fsp3) is 0.348. The normalized spacial score (nSPS) is 16.0. The number of fused-ring (bicyclic) bond motifs is 2. The molecule has 3 N–H and O–H groups in total. The maximum atomic E-state index is 6.30. The number of pyridine rings is 1. The second kappa shape index (κ2) is 7.85. The number of hydrogen-bond acceptors (Lipinski definition) is 4. The Hall–Kier alpha value is -2.70. The Morgan fingerprint density at radius 1 is 1.20 bits per heavy atom. The maximum absolute atomic E-state index is 6.30. The number of benzene rings is 1. The summed E-state index contributed by atoms with van der Waals surface area (Å²) in [6.45, 7) is 6.34. The fourth-order valence-electron chi connectivity index (χ4n) is 4.48. The quantitative estimate of drug-likeness (QED) is 0.478. The molecule has 0 spiro atoms. The van der Waals surface area contributed by atoms with E-state index in [1.165, 1.54) is 16.7 Å². The van der Waals surface area contributed by atoms with E-state index in [0.717, 1.165) is 53.1 Å². The van der Waals surface area contributed by atoms with E-state index >= 15 is 0 Å². The van der Waals surface area contributed by atoms with Gasteiger partial charge in [-0.25, -0.2) is 9.97 Å². The summed E-state index contributed by atoms with van der Waals surface area (Å²) in [5.74, 6) is 0.810. The minimum absolute atomic E-state index is 0. The van der Waals surface area contributed by atoms with Crippen LogP contribution in [-0.2, 0) is 6.42 Å². The summed E-state index contributed by atoms with van der Waals surface area (Å²) < 4.78 is 2.02. The smallest absolute Gasteiger partial charge is 0.178 e. The summed E-state index contributed by atoms with van der Waals surface area (Å²) in [6, 6.07) is 9.16. The van der Waals surface area contributed by atoms with Crippen LogP contribution in [0.5, 0.6) is 0 Å². The van der Waals surface area contributed by atoms with E-state index in [4.69, 9.17) is 10.7 Å². The lowest BCUT2D eigenvalue weighted by Crippen LogP contribution is -2.17. The van der Waals surface area contributed by atoms with Crippen LogP contribution in [0.3, 0.4) is 0 Å². The zero-order chi connectivity index (χ0) is 20.1. The Labute approximate surface area is 182 Å². The molecule has 0 saturated heterocycles. The first-order valence-corrected chi connectivity index (χ1v) is 10.3. The number of hydrogen-bond donors (Lipinski definition) is 2. The molecule has 0 bridgehead atoms. The third-order valence-electron chi connectivity index (χ3n) is 6.00. The number of aryl methyl sites for hydroxylation is 1. The Balaban J connectivity index is 0.00000218. The van der Waals surface area contributed by atoms with Crippen LogP contribution in [0.4, 0.5) is 0 Å². The SMILES string of the molecule is Cc1c(-c2nc3nccc(-c4ccc5c(c4)CCCC5N)c3[nH]2)cnn1C(C)C.Cl. The van der Waals surface area contributed by atoms with Crippen LogP contribution in [0.2, 0.25) is 0 Å². The molecule has 4 aromatic rings. The van der Waals surface area contributed by atoms with Crippen LogP contribution in [0.15, 0.2) is 36.7 Å². The van der Waals surface area contributed by atoms with Crippen molar-refractivity contribution in [3.05, 3.63) is 53.5 Å². The Morgan fingerprint density at radius 2 is 2.03 bits per heavy atom. The van der Waals surface area contributed by atoms with Crippen molar-refractivity contribution in [2.45, 2.75) is 52.1 Å². The minimum Gasteiger partial charge on any atom is -0.336 e. The molecule has 1 aromatic carbocycles. The van der Waals surface area contributed by atoms with Gasteiger partial charge in [0.25, 0.3) is 0 Å². The van der Waals surface area contributed by atoms with Crippen molar-refractivity contribution in [2.24, 2.45) is 5.73 Å². The average Bonchev–Trinajstić information content (AvgIpc) is 3.30. The molecular formula is C23H27ClN6. The first-order chi connectivity index (χ1) is 14.0. The van der Waals surface area contributed by atoms with Crippen LogP contribution in [0.25, 0.3) is 33.7 Å². The minimum atomic E-state index is 0. The lowest BCUT2D eigenvalue weighted by molar-refractivity contribution is 0.519. The molecule has 30 heavy (non-hydrogen) atoms. The first kappa shape index (κ1) is 20.6. The monoisotopic (exact) mass is 422 g/mol. The second-order valence-corrected chi connectivity index (χ2v) is 8.24. The molecule has 0 fully saturated rings. The summed E-state index contributed by atoms with van der Waals surface area (Å²) in [6.07, 6.45) is 7.02. The van der Waals surface area contributed by atoms with Crippen LogP contribution >= 0.6 is 12.4 Å². The molecule has 1 aliphatic rings. The molecule has 3 heterocycles. The molecule has 5 rings (SSSR count). The van der Waals surface area contributed by atoms with Gasteiger partial charge in [-0.1, -0.05) is 18.2 Å². The van der Waals surface area contributed by atoms with Gasteiger partial charge in [0, 0.05) is 29.5 Å². The number of imidazole rings is 1. The number of H-pyrrole nitrogens is 1. The van der Waals surface area contributed by atoms with E-state index in [9.17, 15) is 0 Å². The molecule has 156 valence electrons. The molecule has 6 nitrogen and oxygen atoms in total. The molecular weight excluding hydrogens is 396 g/mol. The molecule has 0 amide bonds. The van der Waals surface area contributed by atoms with Gasteiger partial charge in [-0.05, 0) is 62.8 Å². The third kappa shape index (κ3) is 3.30. The average molecular weight is 423 g/mol. The number of nitrogens with one attached hydrogen (secondary N) is 1. The first-order valence-electron chi connectivity index (χ1n) is 10.3. The second-order valence-electron chi connectivity index (χ2n) is 8.24. The van der Waals surface area contributed by atoms with E-state index in [2.05, 4.69) is 60.1 Å². The molecule has 1 atom stereocenters. The van der Waals surface area contributed by atoms with Gasteiger partial charge >= 0.3 is 0 Å². The number of aromatic amines is 1. The van der Waals surface area contributed by atoms with Crippen molar-refractivity contribution in [2.75, 3.05) is 0 Å². The topological polar surface area (TPSA) is 85.4 Å². The Kier molecular flexibility index (Phi) is 5.38. The highest BCUT2D eigenvalue weighted by molar-refractivity contribution is 5.91. The molecule has 3 aromatic heterocycles. The van der Waals surface area contributed by atoms with Gasteiger partial charge in [-0.2, -0.15) is 5.10 Å². The van der Waals surface area contributed by atoms with Crippen molar-refractivity contribution in [3.63, 3.8) is 0 Å². The van der Waals surface area contributed by atoms with Crippen molar-refractivity contribution >= 4 is 23.6 Å². The summed E-state index contributed by atoms with van der Waals surface area (Å²) in [4.78, 5) is 12.8. The molecule has 1 unspecified atom stereocenters. The van der Waals surface area contributed by atoms with Gasteiger partial charge in [0.2, 0.25) is 0 Å². The zero-order valence-electron chi connectivity index (χ0n) is 17.5. The van der Waals surface area contributed by atoms with Crippen molar-refractivity contribution < 1.29 is 0 Å². The molecule has 0 saturated carbocycles. The molecule has 7 heteroatoms. The summed E-state index contributed by atoms with van der Waals surface area (Å²) in [5.41, 5.74) is 15.0. The lowest BCUT2D eigenvalue weighted by Gasteiger charge is -2.22. The molecule has 1 aliphatic carbocycles. The highest BCUT2D eigenvalue weighted by Crippen LogP contribution is 2.34. The van der Waals surface area contributed by atoms with Crippen LogP contribution in [0.1, 0.15) is 55.6 Å². The third-order valence-corrected chi connectivity index (χ3v) is 6.00. The number of halogens is 1. The van der Waals surface area contributed by atoms with E-state index in [0.29, 0.717) is 6.04 Å². The summed E-state index contributed by atoms with van der Waals surface area (Å²) >= 11 is 0. The predicted molar refractivity (Wildman–Crippen MR) is 123 cm³/mol. The summed E-state index contributed by atoms with van der Waals surface area (Å²) in [5, 5.41) is 4.52. The van der Waals surface area contributed by atoms with E-state index < -0.39 is 0 Å². The standard InChI is InChI=1S/C23H26N6.ClH/c1-13(2)29-14(3)19(12-26-29)22-27-21-18(9-10-25-23(21)28-22)16-7-8-17-15(11-16)5-4-6-20(17)24;/h7-13,20H,4-6,24H2,1-3H3,(H,25,27,28);1H. The van der Waals surface area contributed by atoms with Gasteiger partial charge < -0.3 is 10.7 Å². The Morgan fingerprint density at radius 3 is 2.80 bits per heavy atom. The van der Waals surface area contributed by atoms with Gasteiger partial charge in [-0.3, -0.25) is 4.68 Å². The predicted octanol–water partition coefficient (Wildman–Crippen LogP) is 5.14. The largest absolute Gasteiger partial charge is 0.336 e. The number of nitrogens with two attached hydrogens (primary N) is 1.